The summed E-state index contributed by atoms with van der Waals surface area (Å²) < 4.78 is 0. The average molecular weight is 277 g/mol. The van der Waals surface area contributed by atoms with Gasteiger partial charge in [-0.25, -0.2) is 0 Å². The number of hydrogen-bond donors (Lipinski definition) is 0. The standard InChI is InChI=1S/C17H21ClO/c18-16(19)14-6-17(14)8-4-10-9-1-7-2-12(10)15(17)13(3-7)11(9)5-8/h7-15H,1-6H2. The highest BCUT2D eigenvalue weighted by Crippen LogP contribution is 2.83. The molecule has 0 aliphatic heterocycles. The molecule has 8 fully saturated rings. The van der Waals surface area contributed by atoms with Crippen LogP contribution in [0.25, 0.3) is 0 Å². The van der Waals surface area contributed by atoms with Crippen molar-refractivity contribution in [2.75, 3.05) is 0 Å². The number of rotatable bonds is 1. The molecule has 0 heterocycles. The van der Waals surface area contributed by atoms with E-state index in [-0.39, 0.29) is 11.2 Å². The minimum atomic E-state index is -0.00398. The first-order chi connectivity index (χ1) is 9.20. The van der Waals surface area contributed by atoms with Crippen molar-refractivity contribution < 1.29 is 4.79 Å². The van der Waals surface area contributed by atoms with Crippen LogP contribution < -0.4 is 0 Å². The van der Waals surface area contributed by atoms with E-state index in [0.29, 0.717) is 5.41 Å². The fourth-order valence-electron chi connectivity index (χ4n) is 8.60. The first kappa shape index (κ1) is 10.7. The molecule has 6 atom stereocenters. The summed E-state index contributed by atoms with van der Waals surface area (Å²) in [5.41, 5.74) is 0.411. The van der Waals surface area contributed by atoms with Crippen molar-refractivity contribution in [3.8, 4) is 0 Å². The van der Waals surface area contributed by atoms with Crippen LogP contribution in [0, 0.1) is 58.7 Å². The summed E-state index contributed by atoms with van der Waals surface area (Å²) in [7, 11) is 0. The highest BCUT2D eigenvalue weighted by molar-refractivity contribution is 6.64. The number of carbonyl (C=O) groups is 1. The van der Waals surface area contributed by atoms with Gasteiger partial charge in [-0.05, 0) is 103 Å². The van der Waals surface area contributed by atoms with E-state index < -0.39 is 0 Å². The molecule has 0 aromatic heterocycles. The molecular formula is C17H21ClO. The zero-order chi connectivity index (χ0) is 12.5. The molecule has 0 amide bonds. The molecule has 19 heavy (non-hydrogen) atoms. The molecule has 8 aliphatic carbocycles. The van der Waals surface area contributed by atoms with Gasteiger partial charge in [0, 0.05) is 5.92 Å². The first-order valence-electron chi connectivity index (χ1n) is 8.39. The zero-order valence-electron chi connectivity index (χ0n) is 11.2. The number of carbonyl (C=O) groups excluding carboxylic acids is 1. The minimum Gasteiger partial charge on any atom is -0.281 e. The van der Waals surface area contributed by atoms with E-state index in [0.717, 1.165) is 53.8 Å². The molecule has 0 radical (unpaired) electrons. The lowest BCUT2D eigenvalue weighted by Gasteiger charge is -2.72. The van der Waals surface area contributed by atoms with Crippen molar-refractivity contribution in [2.45, 2.75) is 38.5 Å². The maximum Gasteiger partial charge on any atom is 0.225 e. The van der Waals surface area contributed by atoms with Crippen LogP contribution in [0.5, 0.6) is 0 Å². The van der Waals surface area contributed by atoms with Gasteiger partial charge >= 0.3 is 0 Å². The second-order valence-corrected chi connectivity index (χ2v) is 9.13. The molecule has 0 N–H and O–H groups in total. The predicted octanol–water partition coefficient (Wildman–Crippen LogP) is 3.71. The maximum atomic E-state index is 11.8. The molecule has 0 aromatic rings. The van der Waals surface area contributed by atoms with Gasteiger partial charge in [0.2, 0.25) is 5.24 Å². The molecule has 2 heteroatoms. The fraction of sp³-hybridized carbons (Fsp3) is 0.941. The van der Waals surface area contributed by atoms with Crippen molar-refractivity contribution in [3.05, 3.63) is 0 Å². The van der Waals surface area contributed by atoms with Crippen LogP contribution >= 0.6 is 11.6 Å². The van der Waals surface area contributed by atoms with Gasteiger partial charge in [-0.1, -0.05) is 0 Å². The Hall–Kier alpha value is -0.0400. The molecule has 102 valence electrons. The molecule has 0 aromatic carbocycles. The van der Waals surface area contributed by atoms with Gasteiger partial charge < -0.3 is 0 Å². The van der Waals surface area contributed by atoms with Crippen molar-refractivity contribution in [1.82, 2.24) is 0 Å². The largest absolute Gasteiger partial charge is 0.281 e. The van der Waals surface area contributed by atoms with Crippen molar-refractivity contribution >= 4 is 16.8 Å². The normalized spacial score (nSPS) is 70.1. The molecule has 6 unspecified atom stereocenters. The Morgan fingerprint density at radius 2 is 1.47 bits per heavy atom. The Balaban J connectivity index is 1.51. The molecule has 8 bridgehead atoms. The summed E-state index contributed by atoms with van der Waals surface area (Å²) in [6, 6.07) is 0. The van der Waals surface area contributed by atoms with Crippen molar-refractivity contribution in [3.63, 3.8) is 0 Å². The topological polar surface area (TPSA) is 17.1 Å². The molecule has 1 nitrogen and oxygen atoms in total. The molecule has 8 aliphatic rings. The van der Waals surface area contributed by atoms with E-state index in [4.69, 9.17) is 11.6 Å². The van der Waals surface area contributed by atoms with E-state index in [9.17, 15) is 4.79 Å². The van der Waals surface area contributed by atoms with Gasteiger partial charge in [0.25, 0.3) is 0 Å². The molecule has 0 saturated heterocycles. The second-order valence-electron chi connectivity index (χ2n) is 8.76. The van der Waals surface area contributed by atoms with Gasteiger partial charge in [0.05, 0.1) is 0 Å². The van der Waals surface area contributed by atoms with Crippen LogP contribution in [0.4, 0.5) is 0 Å². The Morgan fingerprint density at radius 3 is 2.05 bits per heavy atom. The maximum absolute atomic E-state index is 11.8. The summed E-state index contributed by atoms with van der Waals surface area (Å²) >= 11 is 5.91. The van der Waals surface area contributed by atoms with Crippen LogP contribution in [0.3, 0.4) is 0 Å². The minimum absolute atomic E-state index is 0.00398. The SMILES string of the molecule is O=C(Cl)C1CC12C1CC3C4CC5CC3C2C(C5)C4C1. The van der Waals surface area contributed by atoms with E-state index in [2.05, 4.69) is 0 Å². The molecule has 8 rings (SSSR count). The van der Waals surface area contributed by atoms with Gasteiger partial charge in [0.1, 0.15) is 0 Å². The number of hydrogen-bond acceptors (Lipinski definition) is 1. The second kappa shape index (κ2) is 2.93. The van der Waals surface area contributed by atoms with Crippen LogP contribution in [0.15, 0.2) is 0 Å². The molecule has 8 saturated carbocycles. The van der Waals surface area contributed by atoms with Gasteiger partial charge in [-0.2, -0.15) is 0 Å². The Morgan fingerprint density at radius 1 is 0.895 bits per heavy atom. The molecule has 1 spiro atoms. The van der Waals surface area contributed by atoms with E-state index in [1.54, 1.807) is 6.42 Å². The Kier molecular flexibility index (Phi) is 1.65. The van der Waals surface area contributed by atoms with Gasteiger partial charge in [-0.3, -0.25) is 4.79 Å². The van der Waals surface area contributed by atoms with E-state index in [1.807, 2.05) is 0 Å². The van der Waals surface area contributed by atoms with E-state index >= 15 is 0 Å². The summed E-state index contributed by atoms with van der Waals surface area (Å²) in [6.07, 6.45) is 8.66. The van der Waals surface area contributed by atoms with Crippen LogP contribution in [-0.2, 0) is 4.79 Å². The monoisotopic (exact) mass is 276 g/mol. The summed E-state index contributed by atoms with van der Waals surface area (Å²) in [5, 5.41) is -0.00398. The van der Waals surface area contributed by atoms with E-state index in [1.165, 1.54) is 25.7 Å². The summed E-state index contributed by atoms with van der Waals surface area (Å²) in [4.78, 5) is 11.8. The number of halogens is 1. The lowest BCUT2D eigenvalue weighted by molar-refractivity contribution is -0.241. The summed E-state index contributed by atoms with van der Waals surface area (Å²) in [5.74, 6) is 8.29. The Bertz CT molecular complexity index is 477. The highest BCUT2D eigenvalue weighted by Gasteiger charge is 2.78. The van der Waals surface area contributed by atoms with Gasteiger partial charge in [-0.15, -0.1) is 0 Å². The van der Waals surface area contributed by atoms with Crippen LogP contribution in [0.1, 0.15) is 38.5 Å². The quantitative estimate of drug-likeness (QED) is 0.668. The van der Waals surface area contributed by atoms with Gasteiger partial charge in [0.15, 0.2) is 0 Å². The Labute approximate surface area is 119 Å². The average Bonchev–Trinajstić information content (AvgIpc) is 3.12. The van der Waals surface area contributed by atoms with Crippen LogP contribution in [0.2, 0.25) is 0 Å². The third-order valence-corrected chi connectivity index (χ3v) is 9.02. The first-order valence-corrected chi connectivity index (χ1v) is 8.77. The van der Waals surface area contributed by atoms with Crippen molar-refractivity contribution in [1.29, 1.82) is 0 Å². The lowest BCUT2D eigenvalue weighted by atomic mass is 9.32. The van der Waals surface area contributed by atoms with Crippen molar-refractivity contribution in [2.24, 2.45) is 58.7 Å². The lowest BCUT2D eigenvalue weighted by Crippen LogP contribution is -2.66. The summed E-state index contributed by atoms with van der Waals surface area (Å²) in [6.45, 7) is 0. The molecular weight excluding hydrogens is 256 g/mol. The smallest absolute Gasteiger partial charge is 0.225 e. The zero-order valence-corrected chi connectivity index (χ0v) is 12.0. The van der Waals surface area contributed by atoms with Crippen LogP contribution in [-0.4, -0.2) is 5.24 Å². The third-order valence-electron chi connectivity index (χ3n) is 8.75. The fourth-order valence-corrected chi connectivity index (χ4v) is 8.89. The predicted molar refractivity (Wildman–Crippen MR) is 72.4 cm³/mol. The third kappa shape index (κ3) is 0.962. The highest BCUT2D eigenvalue weighted by atomic mass is 35.5.